The molecule has 0 amide bonds. The van der Waals surface area contributed by atoms with Crippen molar-refractivity contribution in [2.75, 3.05) is 12.0 Å². The molecule has 1 fully saturated rings. The van der Waals surface area contributed by atoms with Crippen LogP contribution in [-0.4, -0.2) is 12.9 Å². The summed E-state index contributed by atoms with van der Waals surface area (Å²) in [5.41, 5.74) is 4.69. The summed E-state index contributed by atoms with van der Waals surface area (Å²) in [6.07, 6.45) is 0.934. The van der Waals surface area contributed by atoms with Gasteiger partial charge in [-0.05, 0) is 48.9 Å². The van der Waals surface area contributed by atoms with Crippen LogP contribution in [0.4, 0.5) is 11.4 Å². The summed E-state index contributed by atoms with van der Waals surface area (Å²) in [7, 11) is 1.69. The van der Waals surface area contributed by atoms with Gasteiger partial charge in [0.1, 0.15) is 11.6 Å². The van der Waals surface area contributed by atoms with Gasteiger partial charge in [-0.15, -0.1) is 0 Å². The number of nitrogens with zero attached hydrogens (tertiary/aromatic N) is 2. The van der Waals surface area contributed by atoms with Crippen LogP contribution >= 0.6 is 0 Å². The highest BCUT2D eigenvalue weighted by molar-refractivity contribution is 6.06. The molecule has 0 radical (unpaired) electrons. The summed E-state index contributed by atoms with van der Waals surface area (Å²) in [5, 5.41) is 0. The zero-order valence-electron chi connectivity index (χ0n) is 15.1. The summed E-state index contributed by atoms with van der Waals surface area (Å²) >= 11 is 0. The zero-order valence-corrected chi connectivity index (χ0v) is 15.1. The Morgan fingerprint density at radius 3 is 2.23 bits per heavy atom. The Morgan fingerprint density at radius 2 is 1.58 bits per heavy atom. The van der Waals surface area contributed by atoms with Gasteiger partial charge in [0.15, 0.2) is 0 Å². The van der Waals surface area contributed by atoms with E-state index in [4.69, 9.17) is 9.73 Å². The molecular formula is C23H22N2O. The molecule has 1 aliphatic heterocycles. The van der Waals surface area contributed by atoms with E-state index in [9.17, 15) is 0 Å². The minimum atomic E-state index is 0.314. The maximum Gasteiger partial charge on any atom is 0.119 e. The van der Waals surface area contributed by atoms with E-state index in [2.05, 4.69) is 78.6 Å². The fraction of sp³-hybridized carbons (Fsp3) is 0.174. The number of rotatable bonds is 4. The highest BCUT2D eigenvalue weighted by Gasteiger charge is 2.36. The van der Waals surface area contributed by atoms with Gasteiger partial charge >= 0.3 is 0 Å². The number of aryl methyl sites for hydroxylation is 1. The monoisotopic (exact) mass is 342 g/mol. The Hall–Kier alpha value is -3.07. The summed E-state index contributed by atoms with van der Waals surface area (Å²) in [6, 6.07) is 27.5. The molecule has 26 heavy (non-hydrogen) atoms. The maximum atomic E-state index is 5.30. The lowest BCUT2D eigenvalue weighted by atomic mass is 9.92. The van der Waals surface area contributed by atoms with Crippen molar-refractivity contribution >= 4 is 17.2 Å². The molecule has 0 saturated carbocycles. The predicted octanol–water partition coefficient (Wildman–Crippen LogP) is 5.69. The van der Waals surface area contributed by atoms with E-state index in [0.29, 0.717) is 6.04 Å². The number of hydrogen-bond donors (Lipinski definition) is 0. The second-order valence-electron chi connectivity index (χ2n) is 6.56. The normalized spacial score (nSPS) is 17.8. The van der Waals surface area contributed by atoms with Crippen molar-refractivity contribution in [3.05, 3.63) is 90.0 Å². The summed E-state index contributed by atoms with van der Waals surface area (Å²) in [6.45, 7) is 2.09. The second-order valence-corrected chi connectivity index (χ2v) is 6.56. The lowest BCUT2D eigenvalue weighted by Crippen LogP contribution is -2.46. The van der Waals surface area contributed by atoms with E-state index >= 15 is 0 Å². The highest BCUT2D eigenvalue weighted by Crippen LogP contribution is 2.40. The molecule has 4 rings (SSSR count). The number of amidine groups is 1. The molecule has 0 aliphatic carbocycles. The largest absolute Gasteiger partial charge is 0.497 e. The number of methoxy groups -OCH3 is 1. The third-order valence-corrected chi connectivity index (χ3v) is 4.79. The Labute approximate surface area is 154 Å². The van der Waals surface area contributed by atoms with Crippen molar-refractivity contribution in [2.45, 2.75) is 19.4 Å². The maximum absolute atomic E-state index is 5.30. The molecule has 3 aromatic carbocycles. The lowest BCUT2D eigenvalue weighted by molar-refractivity contribution is 0.415. The molecule has 1 atom stereocenters. The van der Waals surface area contributed by atoms with Gasteiger partial charge in [-0.3, -0.25) is 0 Å². The van der Waals surface area contributed by atoms with Crippen molar-refractivity contribution < 1.29 is 4.74 Å². The molecule has 1 saturated heterocycles. The molecule has 0 aromatic heterocycles. The fourth-order valence-electron chi connectivity index (χ4n) is 3.31. The molecule has 0 N–H and O–H groups in total. The molecule has 3 nitrogen and oxygen atoms in total. The average molecular weight is 342 g/mol. The van der Waals surface area contributed by atoms with Crippen LogP contribution in [0.2, 0.25) is 0 Å². The van der Waals surface area contributed by atoms with Crippen LogP contribution in [0.3, 0.4) is 0 Å². The van der Waals surface area contributed by atoms with Crippen LogP contribution in [-0.2, 0) is 0 Å². The van der Waals surface area contributed by atoms with Crippen molar-refractivity contribution in [3.8, 4) is 5.75 Å². The third kappa shape index (κ3) is 3.21. The minimum Gasteiger partial charge on any atom is -0.497 e. The molecule has 3 aromatic rings. The summed E-state index contributed by atoms with van der Waals surface area (Å²) < 4.78 is 5.30. The van der Waals surface area contributed by atoms with Gasteiger partial charge < -0.3 is 9.64 Å². The Balaban J connectivity index is 1.69. The van der Waals surface area contributed by atoms with Gasteiger partial charge in [0.2, 0.25) is 0 Å². The van der Waals surface area contributed by atoms with Gasteiger partial charge in [-0.25, -0.2) is 4.99 Å². The van der Waals surface area contributed by atoms with Crippen LogP contribution in [0.1, 0.15) is 23.6 Å². The average Bonchev–Trinajstić information content (AvgIpc) is 2.67. The quantitative estimate of drug-likeness (QED) is 0.609. The number of hydrogen-bond acceptors (Lipinski definition) is 2. The smallest absolute Gasteiger partial charge is 0.119 e. The van der Waals surface area contributed by atoms with E-state index in [0.717, 1.165) is 29.4 Å². The first-order valence-electron chi connectivity index (χ1n) is 8.87. The van der Waals surface area contributed by atoms with Crippen LogP contribution in [0, 0.1) is 6.92 Å². The van der Waals surface area contributed by atoms with Crippen LogP contribution in [0.25, 0.3) is 0 Å². The Kier molecular flexibility index (Phi) is 4.44. The molecule has 3 heteroatoms. The molecule has 0 bridgehead atoms. The topological polar surface area (TPSA) is 24.8 Å². The van der Waals surface area contributed by atoms with Gasteiger partial charge in [-0.1, -0.05) is 48.0 Å². The number of anilines is 1. The predicted molar refractivity (Wildman–Crippen MR) is 108 cm³/mol. The van der Waals surface area contributed by atoms with Crippen molar-refractivity contribution in [1.29, 1.82) is 0 Å². The van der Waals surface area contributed by atoms with Crippen molar-refractivity contribution in [1.82, 2.24) is 0 Å². The second kappa shape index (κ2) is 7.04. The SMILES string of the molecule is COc1ccc(N2C(=Nc3ccc(C)cc3)CC2c2ccccc2)cc1. The summed E-state index contributed by atoms with van der Waals surface area (Å²) in [4.78, 5) is 7.21. The number of benzene rings is 3. The van der Waals surface area contributed by atoms with Crippen molar-refractivity contribution in [2.24, 2.45) is 4.99 Å². The Bertz CT molecular complexity index is 899. The lowest BCUT2D eigenvalue weighted by Gasteiger charge is -2.44. The first-order valence-corrected chi connectivity index (χ1v) is 8.87. The Morgan fingerprint density at radius 1 is 0.885 bits per heavy atom. The van der Waals surface area contributed by atoms with Crippen LogP contribution in [0.15, 0.2) is 83.9 Å². The zero-order chi connectivity index (χ0) is 17.9. The minimum absolute atomic E-state index is 0.314. The molecular weight excluding hydrogens is 320 g/mol. The van der Waals surface area contributed by atoms with E-state index in [1.54, 1.807) is 7.11 Å². The fourth-order valence-corrected chi connectivity index (χ4v) is 3.31. The highest BCUT2D eigenvalue weighted by atomic mass is 16.5. The molecule has 1 heterocycles. The van der Waals surface area contributed by atoms with E-state index < -0.39 is 0 Å². The number of aliphatic imine (C=N–C) groups is 1. The van der Waals surface area contributed by atoms with Gasteiger partial charge in [-0.2, -0.15) is 0 Å². The molecule has 1 aliphatic rings. The van der Waals surface area contributed by atoms with Crippen LogP contribution in [0.5, 0.6) is 5.75 Å². The first-order chi connectivity index (χ1) is 12.7. The van der Waals surface area contributed by atoms with Crippen molar-refractivity contribution in [3.63, 3.8) is 0 Å². The molecule has 1 unspecified atom stereocenters. The molecule has 0 spiro atoms. The van der Waals surface area contributed by atoms with Gasteiger partial charge in [0.25, 0.3) is 0 Å². The summed E-state index contributed by atoms with van der Waals surface area (Å²) in [5.74, 6) is 1.95. The van der Waals surface area contributed by atoms with Gasteiger partial charge in [0, 0.05) is 12.1 Å². The van der Waals surface area contributed by atoms with E-state index in [-0.39, 0.29) is 0 Å². The van der Waals surface area contributed by atoms with Crippen LogP contribution < -0.4 is 9.64 Å². The van der Waals surface area contributed by atoms with E-state index in [1.807, 2.05) is 12.1 Å². The standard InChI is InChI=1S/C23H22N2O/c1-17-8-10-19(11-9-17)24-23-16-22(18-6-4-3-5-7-18)25(23)20-12-14-21(26-2)15-13-20/h3-15,22H,16H2,1-2H3. The first kappa shape index (κ1) is 16.4. The van der Waals surface area contributed by atoms with Gasteiger partial charge in [0.05, 0.1) is 18.8 Å². The third-order valence-electron chi connectivity index (χ3n) is 4.79. The van der Waals surface area contributed by atoms with E-state index in [1.165, 1.54) is 11.1 Å². The number of ether oxygens (including phenoxy) is 1. The molecule has 130 valence electrons.